The summed E-state index contributed by atoms with van der Waals surface area (Å²) in [7, 11) is 1.86. The quantitative estimate of drug-likeness (QED) is 0.0932. The molecule has 5 aromatic carbocycles. The normalized spacial score (nSPS) is 12.2. The standard InChI is InChI=1S/C48H42B2N4O/c1-7-10-23-39-43(49-5)38(18-9-3)37-26-24-34(29-40(37)44(39)50-6)31(4)28-36(17-8-2)48-51-41-30-35(25-27-42(41)55-48)47-53-45(32-19-13-11-14-20-32)52-46(54-47)33-21-15-12-16-22-33/h7-30,49-50H,1-2H2,3-6H3/b18-9-,23-10-,31-28+,36-17+. The summed E-state index contributed by atoms with van der Waals surface area (Å²) < 4.78 is 6.38. The van der Waals surface area contributed by atoms with Crippen LogP contribution in [-0.4, -0.2) is 34.5 Å². The maximum Gasteiger partial charge on any atom is 0.227 e. The number of fused-ring (bicyclic) bond motifs is 2. The van der Waals surface area contributed by atoms with Crippen molar-refractivity contribution in [3.8, 4) is 34.2 Å². The van der Waals surface area contributed by atoms with Gasteiger partial charge in [-0.25, -0.2) is 19.9 Å². The van der Waals surface area contributed by atoms with Gasteiger partial charge in [0, 0.05) is 22.3 Å². The van der Waals surface area contributed by atoms with E-state index in [4.69, 9.17) is 24.4 Å². The molecule has 266 valence electrons. The summed E-state index contributed by atoms with van der Waals surface area (Å²) in [6, 6.07) is 32.6. The number of benzene rings is 5. The van der Waals surface area contributed by atoms with Crippen molar-refractivity contribution in [2.75, 3.05) is 0 Å². The molecule has 5 nitrogen and oxygen atoms in total. The van der Waals surface area contributed by atoms with Crippen LogP contribution in [0.1, 0.15) is 36.4 Å². The Balaban J connectivity index is 1.29. The summed E-state index contributed by atoms with van der Waals surface area (Å²) in [6.45, 7) is 16.6. The number of nitrogens with zero attached hydrogens (tertiary/aromatic N) is 4. The second kappa shape index (κ2) is 16.6. The first-order valence-corrected chi connectivity index (χ1v) is 18.8. The average molecular weight is 713 g/mol. The molecule has 7 rings (SSSR count). The Morgan fingerprint density at radius 3 is 1.91 bits per heavy atom. The molecule has 0 atom stereocenters. The summed E-state index contributed by atoms with van der Waals surface area (Å²) in [5.41, 5.74) is 12.3. The van der Waals surface area contributed by atoms with Gasteiger partial charge in [-0.2, -0.15) is 0 Å². The highest BCUT2D eigenvalue weighted by molar-refractivity contribution is 6.62. The lowest BCUT2D eigenvalue weighted by molar-refractivity contribution is 0.586. The van der Waals surface area contributed by atoms with Gasteiger partial charge < -0.3 is 4.42 Å². The highest BCUT2D eigenvalue weighted by Gasteiger charge is 2.18. The smallest absolute Gasteiger partial charge is 0.227 e. The molecule has 7 aromatic rings. The molecule has 0 aliphatic rings. The first-order valence-electron chi connectivity index (χ1n) is 18.8. The van der Waals surface area contributed by atoms with Crippen molar-refractivity contribution in [2.24, 2.45) is 0 Å². The molecule has 0 fully saturated rings. The van der Waals surface area contributed by atoms with E-state index in [1.807, 2.05) is 97.1 Å². The Morgan fingerprint density at radius 2 is 1.31 bits per heavy atom. The van der Waals surface area contributed by atoms with E-state index in [9.17, 15) is 0 Å². The van der Waals surface area contributed by atoms with Crippen molar-refractivity contribution in [1.82, 2.24) is 19.9 Å². The number of aromatic nitrogens is 4. The van der Waals surface area contributed by atoms with Gasteiger partial charge in [0.1, 0.15) is 5.52 Å². The maximum atomic E-state index is 6.38. The van der Waals surface area contributed by atoms with E-state index in [1.54, 1.807) is 6.08 Å². The molecule has 0 aliphatic carbocycles. The lowest BCUT2D eigenvalue weighted by atomic mass is 9.60. The van der Waals surface area contributed by atoms with E-state index in [0.29, 0.717) is 34.5 Å². The van der Waals surface area contributed by atoms with Crippen molar-refractivity contribution in [2.45, 2.75) is 27.5 Å². The van der Waals surface area contributed by atoms with E-state index in [1.165, 1.54) is 32.8 Å². The molecule has 0 spiro atoms. The van der Waals surface area contributed by atoms with Crippen molar-refractivity contribution in [3.63, 3.8) is 0 Å². The molecular weight excluding hydrogens is 670 g/mol. The van der Waals surface area contributed by atoms with Crippen molar-refractivity contribution in [1.29, 1.82) is 0 Å². The van der Waals surface area contributed by atoms with Crippen molar-refractivity contribution in [3.05, 3.63) is 169 Å². The van der Waals surface area contributed by atoms with Gasteiger partial charge in [-0.15, -0.1) is 0 Å². The molecule has 0 amide bonds. The summed E-state index contributed by atoms with van der Waals surface area (Å²) >= 11 is 0. The van der Waals surface area contributed by atoms with E-state index < -0.39 is 0 Å². The lowest BCUT2D eigenvalue weighted by Gasteiger charge is -2.19. The lowest BCUT2D eigenvalue weighted by Crippen LogP contribution is -2.30. The highest BCUT2D eigenvalue weighted by atomic mass is 16.3. The largest absolute Gasteiger partial charge is 0.436 e. The van der Waals surface area contributed by atoms with Crippen LogP contribution in [0.4, 0.5) is 0 Å². The molecule has 2 aromatic heterocycles. The molecule has 0 radical (unpaired) electrons. The van der Waals surface area contributed by atoms with Gasteiger partial charge >= 0.3 is 0 Å². The molecule has 0 saturated heterocycles. The Bertz CT molecular complexity index is 2610. The minimum atomic E-state index is 0.506. The van der Waals surface area contributed by atoms with Crippen LogP contribution in [0.3, 0.4) is 0 Å². The van der Waals surface area contributed by atoms with Gasteiger partial charge in [0.15, 0.2) is 37.6 Å². The minimum absolute atomic E-state index is 0.506. The summed E-state index contributed by atoms with van der Waals surface area (Å²) in [5, 5.41) is 2.52. The zero-order valence-corrected chi connectivity index (χ0v) is 31.9. The van der Waals surface area contributed by atoms with E-state index in [2.05, 4.69) is 83.2 Å². The predicted molar refractivity (Wildman–Crippen MR) is 239 cm³/mol. The van der Waals surface area contributed by atoms with Crippen LogP contribution in [0.25, 0.3) is 79.3 Å². The summed E-state index contributed by atoms with van der Waals surface area (Å²) in [6.07, 6.45) is 16.3. The SMILES string of the molecule is C=C/C=C\c1c(BC)c(/C=C\C)c2ccc(/C(C)=C/C(=C\C=C)c3nc4cc(-c5nc(-c6ccccc6)nc(-c6ccccc6)n5)ccc4o3)cc2c1BC. The number of rotatable bonds is 12. The Kier molecular flexibility index (Phi) is 11.1. The fraction of sp³-hybridized carbons (Fsp3) is 0.0833. The fourth-order valence-electron chi connectivity index (χ4n) is 7.15. The van der Waals surface area contributed by atoms with Gasteiger partial charge in [-0.1, -0.05) is 153 Å². The molecule has 0 saturated carbocycles. The zero-order valence-electron chi connectivity index (χ0n) is 31.9. The maximum absolute atomic E-state index is 6.38. The van der Waals surface area contributed by atoms with Crippen LogP contribution < -0.4 is 10.9 Å². The van der Waals surface area contributed by atoms with Crippen LogP contribution in [0.5, 0.6) is 0 Å². The number of hydrogen-bond donors (Lipinski definition) is 0. The second-order valence-electron chi connectivity index (χ2n) is 13.3. The third-order valence-electron chi connectivity index (χ3n) is 9.77. The highest BCUT2D eigenvalue weighted by Crippen LogP contribution is 2.31. The number of allylic oxidation sites excluding steroid dienone is 8. The van der Waals surface area contributed by atoms with Crippen LogP contribution in [0.2, 0.25) is 13.6 Å². The second-order valence-corrected chi connectivity index (χ2v) is 13.3. The molecule has 7 heteroatoms. The van der Waals surface area contributed by atoms with Gasteiger partial charge in [0.2, 0.25) is 5.89 Å². The molecule has 0 N–H and O–H groups in total. The van der Waals surface area contributed by atoms with Gasteiger partial charge in [0.05, 0.1) is 0 Å². The van der Waals surface area contributed by atoms with Gasteiger partial charge in [-0.05, 0) is 77.2 Å². The number of hydrogen-bond acceptors (Lipinski definition) is 5. The first kappa shape index (κ1) is 36.8. The van der Waals surface area contributed by atoms with E-state index in [-0.39, 0.29) is 0 Å². The zero-order chi connectivity index (χ0) is 38.3. The fourth-order valence-corrected chi connectivity index (χ4v) is 7.15. The molecule has 0 unspecified atom stereocenters. The third kappa shape index (κ3) is 7.60. The predicted octanol–water partition coefficient (Wildman–Crippen LogP) is 10.3. The number of oxazole rings is 1. The van der Waals surface area contributed by atoms with E-state index in [0.717, 1.165) is 48.0 Å². The van der Waals surface area contributed by atoms with Crippen LogP contribution in [0.15, 0.2) is 151 Å². The molecule has 0 bridgehead atoms. The Labute approximate surface area is 324 Å². The molecule has 2 heterocycles. The summed E-state index contributed by atoms with van der Waals surface area (Å²) in [5.74, 6) is 2.28. The molecule has 0 aliphatic heterocycles. The van der Waals surface area contributed by atoms with E-state index >= 15 is 0 Å². The van der Waals surface area contributed by atoms with Crippen LogP contribution in [-0.2, 0) is 0 Å². The van der Waals surface area contributed by atoms with Crippen LogP contribution >= 0.6 is 0 Å². The molecule has 55 heavy (non-hydrogen) atoms. The summed E-state index contributed by atoms with van der Waals surface area (Å²) in [4.78, 5) is 19.6. The monoisotopic (exact) mass is 712 g/mol. The van der Waals surface area contributed by atoms with Crippen LogP contribution in [0, 0.1) is 0 Å². The van der Waals surface area contributed by atoms with Gasteiger partial charge in [-0.3, -0.25) is 0 Å². The average Bonchev–Trinajstić information content (AvgIpc) is 3.67. The van der Waals surface area contributed by atoms with Crippen molar-refractivity contribution < 1.29 is 4.42 Å². The minimum Gasteiger partial charge on any atom is -0.436 e. The Hall–Kier alpha value is -6.59. The van der Waals surface area contributed by atoms with Crippen molar-refractivity contribution >= 4 is 70.7 Å². The van der Waals surface area contributed by atoms with Gasteiger partial charge in [0.25, 0.3) is 0 Å². The first-order chi connectivity index (χ1) is 27.0. The topological polar surface area (TPSA) is 64.7 Å². The Morgan fingerprint density at radius 1 is 0.655 bits per heavy atom. The molecular formula is C48H42B2N4O. The third-order valence-corrected chi connectivity index (χ3v) is 9.77.